The molecule has 0 aliphatic heterocycles. The summed E-state index contributed by atoms with van der Waals surface area (Å²) in [4.78, 5) is 8.27. The molecule has 0 aliphatic rings. The van der Waals surface area contributed by atoms with E-state index in [0.29, 0.717) is 24.0 Å². The molecule has 0 spiro atoms. The standard InChI is InChI=1S/C13H13N5O/c1-9-4-2-3-5-10(9)6-7-11-16-13(18-19-11)12-14-8-15-17-12/h2-5,8H,6-7H2,1H3,(H,14,15,17). The number of aromatic amines is 1. The fourth-order valence-corrected chi connectivity index (χ4v) is 1.90. The molecule has 96 valence electrons. The maximum absolute atomic E-state index is 5.20. The molecule has 1 N–H and O–H groups in total. The van der Waals surface area contributed by atoms with Crippen molar-refractivity contribution >= 4 is 0 Å². The topological polar surface area (TPSA) is 80.5 Å². The monoisotopic (exact) mass is 255 g/mol. The summed E-state index contributed by atoms with van der Waals surface area (Å²) in [5.41, 5.74) is 2.57. The minimum Gasteiger partial charge on any atom is -0.339 e. The van der Waals surface area contributed by atoms with Gasteiger partial charge in [0, 0.05) is 6.42 Å². The molecule has 1 aromatic carbocycles. The number of hydrogen-bond acceptors (Lipinski definition) is 5. The van der Waals surface area contributed by atoms with E-state index in [4.69, 9.17) is 4.52 Å². The third-order valence-electron chi connectivity index (χ3n) is 2.96. The highest BCUT2D eigenvalue weighted by Gasteiger charge is 2.11. The van der Waals surface area contributed by atoms with Crippen molar-refractivity contribution < 1.29 is 4.52 Å². The lowest BCUT2D eigenvalue weighted by Crippen LogP contribution is -1.94. The van der Waals surface area contributed by atoms with E-state index in [2.05, 4.69) is 44.4 Å². The van der Waals surface area contributed by atoms with E-state index in [1.165, 1.54) is 17.5 Å². The van der Waals surface area contributed by atoms with Gasteiger partial charge in [-0.15, -0.1) is 0 Å². The van der Waals surface area contributed by atoms with Gasteiger partial charge >= 0.3 is 0 Å². The first-order valence-corrected chi connectivity index (χ1v) is 6.06. The van der Waals surface area contributed by atoms with Crippen molar-refractivity contribution in [3.05, 3.63) is 47.6 Å². The number of H-pyrrole nitrogens is 1. The average molecular weight is 255 g/mol. The highest BCUT2D eigenvalue weighted by molar-refractivity contribution is 5.39. The van der Waals surface area contributed by atoms with E-state index < -0.39 is 0 Å². The lowest BCUT2D eigenvalue weighted by atomic mass is 10.0. The van der Waals surface area contributed by atoms with Crippen LogP contribution >= 0.6 is 0 Å². The minimum atomic E-state index is 0.442. The predicted octanol–water partition coefficient (Wildman–Crippen LogP) is 1.95. The second-order valence-electron chi connectivity index (χ2n) is 4.27. The molecule has 19 heavy (non-hydrogen) atoms. The summed E-state index contributed by atoms with van der Waals surface area (Å²) in [5.74, 6) is 1.57. The lowest BCUT2D eigenvalue weighted by molar-refractivity contribution is 0.378. The van der Waals surface area contributed by atoms with E-state index >= 15 is 0 Å². The van der Waals surface area contributed by atoms with Gasteiger partial charge in [0.1, 0.15) is 6.33 Å². The third kappa shape index (κ3) is 2.52. The molecule has 0 atom stereocenters. The van der Waals surface area contributed by atoms with Crippen LogP contribution in [0.1, 0.15) is 17.0 Å². The summed E-state index contributed by atoms with van der Waals surface area (Å²) in [6, 6.07) is 8.29. The molecule has 2 heterocycles. The zero-order valence-electron chi connectivity index (χ0n) is 10.5. The summed E-state index contributed by atoms with van der Waals surface area (Å²) < 4.78 is 5.20. The van der Waals surface area contributed by atoms with Crippen LogP contribution in [0.2, 0.25) is 0 Å². The predicted molar refractivity (Wildman–Crippen MR) is 68.3 cm³/mol. The molecular weight excluding hydrogens is 242 g/mol. The number of hydrogen-bond donors (Lipinski definition) is 1. The molecule has 0 bridgehead atoms. The number of nitrogens with zero attached hydrogens (tertiary/aromatic N) is 4. The first-order chi connectivity index (χ1) is 9.33. The van der Waals surface area contributed by atoms with Gasteiger partial charge in [0.2, 0.25) is 11.7 Å². The van der Waals surface area contributed by atoms with Crippen LogP contribution < -0.4 is 0 Å². The van der Waals surface area contributed by atoms with Crippen molar-refractivity contribution in [3.63, 3.8) is 0 Å². The average Bonchev–Trinajstić information content (AvgIpc) is 3.09. The number of aryl methyl sites for hydroxylation is 3. The zero-order valence-corrected chi connectivity index (χ0v) is 10.5. The molecular formula is C13H13N5O. The number of rotatable bonds is 4. The third-order valence-corrected chi connectivity index (χ3v) is 2.96. The second kappa shape index (κ2) is 5.01. The normalized spacial score (nSPS) is 10.8. The van der Waals surface area contributed by atoms with Gasteiger partial charge in [-0.25, -0.2) is 4.98 Å². The Morgan fingerprint density at radius 2 is 2.11 bits per heavy atom. The van der Waals surface area contributed by atoms with Crippen molar-refractivity contribution in [1.29, 1.82) is 0 Å². The van der Waals surface area contributed by atoms with Gasteiger partial charge in [0.25, 0.3) is 0 Å². The molecule has 0 aliphatic carbocycles. The highest BCUT2D eigenvalue weighted by Crippen LogP contribution is 2.13. The molecule has 0 fully saturated rings. The van der Waals surface area contributed by atoms with Crippen LogP contribution in [0.5, 0.6) is 0 Å². The Bertz CT molecular complexity index is 659. The SMILES string of the molecule is Cc1ccccc1CCc1nc(-c2ncn[nH]2)no1. The van der Waals surface area contributed by atoms with Gasteiger partial charge in [-0.1, -0.05) is 29.4 Å². The summed E-state index contributed by atoms with van der Waals surface area (Å²) in [6.45, 7) is 2.10. The summed E-state index contributed by atoms with van der Waals surface area (Å²) in [7, 11) is 0. The quantitative estimate of drug-likeness (QED) is 0.770. The summed E-state index contributed by atoms with van der Waals surface area (Å²) in [6.07, 6.45) is 3.01. The molecule has 0 saturated heterocycles. The molecule has 0 saturated carbocycles. The van der Waals surface area contributed by atoms with Crippen LogP contribution in [0.3, 0.4) is 0 Å². The van der Waals surface area contributed by atoms with E-state index in [1.807, 2.05) is 12.1 Å². The Labute approximate surface area is 109 Å². The van der Waals surface area contributed by atoms with Crippen LogP contribution in [0.25, 0.3) is 11.6 Å². The summed E-state index contributed by atoms with van der Waals surface area (Å²) >= 11 is 0. The van der Waals surface area contributed by atoms with Gasteiger partial charge in [-0.2, -0.15) is 10.1 Å². The molecule has 2 aromatic heterocycles. The highest BCUT2D eigenvalue weighted by atomic mass is 16.5. The van der Waals surface area contributed by atoms with E-state index in [9.17, 15) is 0 Å². The molecule has 6 heteroatoms. The van der Waals surface area contributed by atoms with Crippen molar-refractivity contribution in [2.75, 3.05) is 0 Å². The molecule has 6 nitrogen and oxygen atoms in total. The van der Waals surface area contributed by atoms with Crippen LogP contribution in [0.4, 0.5) is 0 Å². The molecule has 3 aromatic rings. The van der Waals surface area contributed by atoms with E-state index in [1.54, 1.807) is 0 Å². The van der Waals surface area contributed by atoms with Crippen LogP contribution in [0.15, 0.2) is 35.1 Å². The smallest absolute Gasteiger partial charge is 0.239 e. The Hall–Kier alpha value is -2.50. The van der Waals surface area contributed by atoms with Gasteiger partial charge < -0.3 is 4.52 Å². The zero-order chi connectivity index (χ0) is 13.1. The largest absolute Gasteiger partial charge is 0.339 e. The van der Waals surface area contributed by atoms with Gasteiger partial charge in [-0.05, 0) is 24.5 Å². The molecule has 0 amide bonds. The van der Waals surface area contributed by atoms with Gasteiger partial charge in [0.05, 0.1) is 0 Å². The molecule has 3 rings (SSSR count). The number of aromatic nitrogens is 5. The summed E-state index contributed by atoms with van der Waals surface area (Å²) in [5, 5.41) is 10.3. The number of benzene rings is 1. The lowest BCUT2D eigenvalue weighted by Gasteiger charge is -2.02. The van der Waals surface area contributed by atoms with Crippen LogP contribution in [-0.2, 0) is 12.8 Å². The van der Waals surface area contributed by atoms with Crippen LogP contribution in [-0.4, -0.2) is 25.3 Å². The maximum Gasteiger partial charge on any atom is 0.239 e. The Balaban J connectivity index is 1.70. The number of nitrogens with one attached hydrogen (secondary N) is 1. The van der Waals surface area contributed by atoms with Gasteiger partial charge in [0.15, 0.2) is 5.82 Å². The van der Waals surface area contributed by atoms with Crippen molar-refractivity contribution in [1.82, 2.24) is 25.3 Å². The second-order valence-corrected chi connectivity index (χ2v) is 4.27. The Kier molecular flexibility index (Phi) is 3.06. The van der Waals surface area contributed by atoms with E-state index in [0.717, 1.165) is 6.42 Å². The minimum absolute atomic E-state index is 0.442. The molecule has 0 radical (unpaired) electrons. The Morgan fingerprint density at radius 3 is 2.89 bits per heavy atom. The Morgan fingerprint density at radius 1 is 1.21 bits per heavy atom. The van der Waals surface area contributed by atoms with Gasteiger partial charge in [-0.3, -0.25) is 5.10 Å². The molecule has 0 unspecified atom stereocenters. The first-order valence-electron chi connectivity index (χ1n) is 6.06. The van der Waals surface area contributed by atoms with Crippen molar-refractivity contribution in [2.24, 2.45) is 0 Å². The van der Waals surface area contributed by atoms with E-state index in [-0.39, 0.29) is 0 Å². The fourth-order valence-electron chi connectivity index (χ4n) is 1.90. The fraction of sp³-hybridized carbons (Fsp3) is 0.231. The van der Waals surface area contributed by atoms with Crippen LogP contribution in [0, 0.1) is 6.92 Å². The first kappa shape index (κ1) is 11.6. The van der Waals surface area contributed by atoms with Crippen molar-refractivity contribution in [3.8, 4) is 11.6 Å². The maximum atomic E-state index is 5.20. The van der Waals surface area contributed by atoms with Crippen molar-refractivity contribution in [2.45, 2.75) is 19.8 Å².